The number of rotatable bonds is 8. The molecule has 6 nitrogen and oxygen atoms in total. The summed E-state index contributed by atoms with van der Waals surface area (Å²) < 4.78 is 1.81. The number of aliphatic carboxylic acids is 1. The Morgan fingerprint density at radius 1 is 1.21 bits per heavy atom. The Labute approximate surface area is 141 Å². The Morgan fingerprint density at radius 3 is 2.50 bits per heavy atom. The second-order valence-corrected chi connectivity index (χ2v) is 6.00. The molecular formula is C18H23N3O3. The van der Waals surface area contributed by atoms with Gasteiger partial charge >= 0.3 is 5.97 Å². The van der Waals surface area contributed by atoms with Crippen LogP contribution in [0.25, 0.3) is 0 Å². The number of carbonyl (C=O) groups excluding carboxylic acids is 1. The van der Waals surface area contributed by atoms with E-state index in [1.165, 1.54) is 0 Å². The molecular weight excluding hydrogens is 306 g/mol. The van der Waals surface area contributed by atoms with Crippen molar-refractivity contribution in [2.24, 2.45) is 0 Å². The van der Waals surface area contributed by atoms with Gasteiger partial charge in [-0.05, 0) is 25.5 Å². The molecule has 0 saturated carbocycles. The Hall–Kier alpha value is -2.63. The number of hydrogen-bond donors (Lipinski definition) is 1. The zero-order valence-electron chi connectivity index (χ0n) is 14.1. The van der Waals surface area contributed by atoms with Crippen molar-refractivity contribution >= 4 is 11.9 Å². The molecule has 1 aromatic carbocycles. The highest BCUT2D eigenvalue weighted by atomic mass is 16.4. The monoisotopic (exact) mass is 329 g/mol. The second-order valence-electron chi connectivity index (χ2n) is 6.00. The predicted octanol–water partition coefficient (Wildman–Crippen LogP) is 2.51. The minimum Gasteiger partial charge on any atom is -0.481 e. The van der Waals surface area contributed by atoms with Gasteiger partial charge in [0, 0.05) is 25.3 Å². The molecule has 0 aliphatic rings. The van der Waals surface area contributed by atoms with Gasteiger partial charge < -0.3 is 10.0 Å². The van der Waals surface area contributed by atoms with Crippen LogP contribution < -0.4 is 0 Å². The lowest BCUT2D eigenvalue weighted by Crippen LogP contribution is -2.33. The molecule has 0 radical (unpaired) electrons. The van der Waals surface area contributed by atoms with E-state index in [1.54, 1.807) is 9.58 Å². The SMILES string of the molecule is CC(C)n1ccc(CC(=O)N(CCC(=O)O)Cc2ccccc2)n1. The van der Waals surface area contributed by atoms with Gasteiger partial charge in [-0.15, -0.1) is 0 Å². The van der Waals surface area contributed by atoms with E-state index < -0.39 is 5.97 Å². The molecule has 1 amide bonds. The van der Waals surface area contributed by atoms with Gasteiger partial charge in [-0.2, -0.15) is 5.10 Å². The molecule has 0 fully saturated rings. The zero-order chi connectivity index (χ0) is 17.5. The third-order valence-corrected chi connectivity index (χ3v) is 3.69. The summed E-state index contributed by atoms with van der Waals surface area (Å²) >= 11 is 0. The third kappa shape index (κ3) is 5.22. The average molecular weight is 329 g/mol. The van der Waals surface area contributed by atoms with E-state index in [1.807, 2.05) is 56.4 Å². The van der Waals surface area contributed by atoms with Gasteiger partial charge in [-0.25, -0.2) is 0 Å². The fraction of sp³-hybridized carbons (Fsp3) is 0.389. The highest BCUT2D eigenvalue weighted by Gasteiger charge is 2.17. The van der Waals surface area contributed by atoms with Crippen molar-refractivity contribution < 1.29 is 14.7 Å². The first-order valence-corrected chi connectivity index (χ1v) is 8.03. The van der Waals surface area contributed by atoms with Gasteiger partial charge in [0.1, 0.15) is 0 Å². The normalized spacial score (nSPS) is 10.8. The molecule has 128 valence electrons. The van der Waals surface area contributed by atoms with Crippen LogP contribution in [0.15, 0.2) is 42.6 Å². The molecule has 0 spiro atoms. The maximum Gasteiger partial charge on any atom is 0.305 e. The Bertz CT molecular complexity index is 680. The van der Waals surface area contributed by atoms with E-state index in [4.69, 9.17) is 5.11 Å². The number of benzene rings is 1. The van der Waals surface area contributed by atoms with Crippen molar-refractivity contribution in [2.75, 3.05) is 6.54 Å². The fourth-order valence-corrected chi connectivity index (χ4v) is 2.35. The van der Waals surface area contributed by atoms with Crippen LogP contribution in [0.4, 0.5) is 0 Å². The lowest BCUT2D eigenvalue weighted by Gasteiger charge is -2.22. The number of carboxylic acid groups (broad SMARTS) is 1. The lowest BCUT2D eigenvalue weighted by molar-refractivity contribution is -0.138. The van der Waals surface area contributed by atoms with Gasteiger partial charge in [0.15, 0.2) is 0 Å². The standard InChI is InChI=1S/C18H23N3O3/c1-14(2)21-11-8-16(19-21)12-17(22)20(10-9-18(23)24)13-15-6-4-3-5-7-15/h3-8,11,14H,9-10,12-13H2,1-2H3,(H,23,24). The van der Waals surface area contributed by atoms with Crippen LogP contribution >= 0.6 is 0 Å². The fourth-order valence-electron chi connectivity index (χ4n) is 2.35. The predicted molar refractivity (Wildman–Crippen MR) is 90.4 cm³/mol. The molecule has 0 saturated heterocycles. The minimum absolute atomic E-state index is 0.0704. The lowest BCUT2D eigenvalue weighted by atomic mass is 10.2. The van der Waals surface area contributed by atoms with Crippen LogP contribution in [0.1, 0.15) is 37.6 Å². The van der Waals surface area contributed by atoms with E-state index >= 15 is 0 Å². The Balaban J connectivity index is 2.06. The first kappa shape index (κ1) is 17.7. The summed E-state index contributed by atoms with van der Waals surface area (Å²) in [5, 5.41) is 13.3. The summed E-state index contributed by atoms with van der Waals surface area (Å²) in [5.41, 5.74) is 1.67. The van der Waals surface area contributed by atoms with Crippen molar-refractivity contribution in [1.29, 1.82) is 0 Å². The quantitative estimate of drug-likeness (QED) is 0.807. The summed E-state index contributed by atoms with van der Waals surface area (Å²) in [4.78, 5) is 25.0. The average Bonchev–Trinajstić information content (AvgIpc) is 3.01. The minimum atomic E-state index is -0.912. The highest BCUT2D eigenvalue weighted by molar-refractivity contribution is 5.79. The van der Waals surface area contributed by atoms with E-state index in [-0.39, 0.29) is 31.3 Å². The number of carboxylic acids is 1. The summed E-state index contributed by atoms with van der Waals surface area (Å²) in [6.07, 6.45) is 1.96. The molecule has 0 atom stereocenters. The van der Waals surface area contributed by atoms with Crippen molar-refractivity contribution in [3.63, 3.8) is 0 Å². The van der Waals surface area contributed by atoms with Crippen LogP contribution in [0, 0.1) is 0 Å². The summed E-state index contributed by atoms with van der Waals surface area (Å²) in [5.74, 6) is -1.03. The van der Waals surface area contributed by atoms with Crippen LogP contribution in [-0.4, -0.2) is 38.2 Å². The van der Waals surface area contributed by atoms with Gasteiger partial charge in [-0.3, -0.25) is 14.3 Å². The molecule has 0 bridgehead atoms. The molecule has 2 rings (SSSR count). The van der Waals surface area contributed by atoms with E-state index in [0.717, 1.165) is 5.56 Å². The largest absolute Gasteiger partial charge is 0.481 e. The maximum absolute atomic E-state index is 12.6. The number of carbonyl (C=O) groups is 2. The zero-order valence-corrected chi connectivity index (χ0v) is 14.1. The van der Waals surface area contributed by atoms with Crippen LogP contribution in [-0.2, 0) is 22.6 Å². The van der Waals surface area contributed by atoms with Gasteiger partial charge in [0.25, 0.3) is 0 Å². The van der Waals surface area contributed by atoms with Crippen LogP contribution in [0.3, 0.4) is 0 Å². The van der Waals surface area contributed by atoms with Gasteiger partial charge in [0.2, 0.25) is 5.91 Å². The van der Waals surface area contributed by atoms with Crippen LogP contribution in [0.2, 0.25) is 0 Å². The molecule has 1 aromatic heterocycles. The third-order valence-electron chi connectivity index (χ3n) is 3.69. The number of nitrogens with zero attached hydrogens (tertiary/aromatic N) is 3. The van der Waals surface area contributed by atoms with Gasteiger partial charge in [-0.1, -0.05) is 30.3 Å². The van der Waals surface area contributed by atoms with Crippen molar-refractivity contribution in [1.82, 2.24) is 14.7 Å². The van der Waals surface area contributed by atoms with E-state index in [0.29, 0.717) is 12.2 Å². The highest BCUT2D eigenvalue weighted by Crippen LogP contribution is 2.10. The first-order valence-electron chi connectivity index (χ1n) is 8.03. The van der Waals surface area contributed by atoms with E-state index in [9.17, 15) is 9.59 Å². The molecule has 0 unspecified atom stereocenters. The molecule has 0 aliphatic carbocycles. The molecule has 6 heteroatoms. The van der Waals surface area contributed by atoms with Crippen molar-refractivity contribution in [3.8, 4) is 0 Å². The van der Waals surface area contributed by atoms with Crippen molar-refractivity contribution in [3.05, 3.63) is 53.9 Å². The molecule has 1 heterocycles. The maximum atomic E-state index is 12.6. The van der Waals surface area contributed by atoms with Crippen molar-refractivity contribution in [2.45, 2.75) is 39.3 Å². The second kappa shape index (κ2) is 8.29. The Kier molecular flexibility index (Phi) is 6.12. The van der Waals surface area contributed by atoms with Crippen LogP contribution in [0.5, 0.6) is 0 Å². The number of hydrogen-bond acceptors (Lipinski definition) is 3. The number of aromatic nitrogens is 2. The summed E-state index contributed by atoms with van der Waals surface area (Å²) in [6, 6.07) is 11.6. The molecule has 0 aliphatic heterocycles. The first-order chi connectivity index (χ1) is 11.5. The van der Waals surface area contributed by atoms with E-state index in [2.05, 4.69) is 5.10 Å². The molecule has 24 heavy (non-hydrogen) atoms. The molecule has 2 aromatic rings. The molecule has 1 N–H and O–H groups in total. The summed E-state index contributed by atoms with van der Waals surface area (Å²) in [7, 11) is 0. The van der Waals surface area contributed by atoms with Gasteiger partial charge in [0.05, 0.1) is 18.5 Å². The Morgan fingerprint density at radius 2 is 1.92 bits per heavy atom. The topological polar surface area (TPSA) is 75.4 Å². The smallest absolute Gasteiger partial charge is 0.305 e. The number of amides is 1. The summed E-state index contributed by atoms with van der Waals surface area (Å²) in [6.45, 7) is 4.63.